The predicted molar refractivity (Wildman–Crippen MR) is 93.2 cm³/mol. The summed E-state index contributed by atoms with van der Waals surface area (Å²) < 4.78 is 10.2. The van der Waals surface area contributed by atoms with Crippen LogP contribution in [0.5, 0.6) is 5.75 Å². The summed E-state index contributed by atoms with van der Waals surface area (Å²) in [7, 11) is 5.11. The number of aliphatic imine (C=N–C) groups is 1. The molecule has 0 aromatic heterocycles. The number of guanidine groups is 1. The van der Waals surface area contributed by atoms with Crippen LogP contribution in [0.25, 0.3) is 0 Å². The van der Waals surface area contributed by atoms with Crippen molar-refractivity contribution in [2.24, 2.45) is 4.99 Å². The summed E-state index contributed by atoms with van der Waals surface area (Å²) in [6.45, 7) is 4.14. The lowest BCUT2D eigenvalue weighted by molar-refractivity contribution is 0.203. The van der Waals surface area contributed by atoms with Gasteiger partial charge in [-0.05, 0) is 24.1 Å². The molecule has 0 bridgehead atoms. The fraction of sp³-hybridized carbons (Fsp3) is 0.500. The highest BCUT2D eigenvalue weighted by atomic mass is 127. The molecule has 0 spiro atoms. The van der Waals surface area contributed by atoms with Gasteiger partial charge in [-0.1, -0.05) is 12.1 Å². The Labute approximate surface area is 138 Å². The number of rotatable bonds is 6. The summed E-state index contributed by atoms with van der Waals surface area (Å²) in [6, 6.07) is 6.13. The molecule has 0 unspecified atom stereocenters. The SMILES string of the molecule is CN=C(NCCOC)NCc1ccc(OC)c(C)c1.I. The molecule has 0 amide bonds. The van der Waals surface area contributed by atoms with E-state index in [0.29, 0.717) is 6.61 Å². The molecular weight excluding hydrogens is 369 g/mol. The van der Waals surface area contributed by atoms with E-state index in [0.717, 1.165) is 30.4 Å². The van der Waals surface area contributed by atoms with E-state index < -0.39 is 0 Å². The van der Waals surface area contributed by atoms with Gasteiger partial charge in [-0.25, -0.2) is 0 Å². The van der Waals surface area contributed by atoms with Crippen molar-refractivity contribution >= 4 is 29.9 Å². The Balaban J connectivity index is 0.00000361. The van der Waals surface area contributed by atoms with Crippen molar-refractivity contribution in [2.45, 2.75) is 13.5 Å². The molecular formula is C14H24IN3O2. The number of methoxy groups -OCH3 is 2. The molecule has 6 heteroatoms. The third-order valence-electron chi connectivity index (χ3n) is 2.74. The van der Waals surface area contributed by atoms with Gasteiger partial charge in [0.05, 0.1) is 13.7 Å². The largest absolute Gasteiger partial charge is 0.496 e. The first-order valence-corrected chi connectivity index (χ1v) is 6.28. The number of ether oxygens (including phenoxy) is 2. The average molecular weight is 393 g/mol. The first-order valence-electron chi connectivity index (χ1n) is 6.28. The summed E-state index contributed by atoms with van der Waals surface area (Å²) >= 11 is 0. The minimum atomic E-state index is 0. The summed E-state index contributed by atoms with van der Waals surface area (Å²) in [5, 5.41) is 6.42. The Hall–Kier alpha value is -1.02. The van der Waals surface area contributed by atoms with Crippen LogP contribution >= 0.6 is 24.0 Å². The molecule has 20 heavy (non-hydrogen) atoms. The highest BCUT2D eigenvalue weighted by Gasteiger charge is 2.01. The van der Waals surface area contributed by atoms with Crippen molar-refractivity contribution in [1.82, 2.24) is 10.6 Å². The van der Waals surface area contributed by atoms with Crippen LogP contribution in [0.2, 0.25) is 0 Å². The number of halogens is 1. The molecule has 0 saturated carbocycles. The monoisotopic (exact) mass is 393 g/mol. The highest BCUT2D eigenvalue weighted by Crippen LogP contribution is 2.18. The second-order valence-corrected chi connectivity index (χ2v) is 4.15. The van der Waals surface area contributed by atoms with Gasteiger partial charge < -0.3 is 20.1 Å². The fourth-order valence-corrected chi connectivity index (χ4v) is 1.73. The Morgan fingerprint density at radius 2 is 2.00 bits per heavy atom. The first kappa shape index (κ1) is 19.0. The summed E-state index contributed by atoms with van der Waals surface area (Å²) in [5.74, 6) is 1.68. The maximum atomic E-state index is 5.24. The molecule has 1 rings (SSSR count). The van der Waals surface area contributed by atoms with Crippen molar-refractivity contribution in [3.63, 3.8) is 0 Å². The Morgan fingerprint density at radius 1 is 1.25 bits per heavy atom. The van der Waals surface area contributed by atoms with E-state index in [4.69, 9.17) is 9.47 Å². The summed E-state index contributed by atoms with van der Waals surface area (Å²) in [5.41, 5.74) is 2.32. The number of hydrogen-bond acceptors (Lipinski definition) is 3. The number of hydrogen-bond donors (Lipinski definition) is 2. The maximum absolute atomic E-state index is 5.24. The maximum Gasteiger partial charge on any atom is 0.191 e. The van der Waals surface area contributed by atoms with Gasteiger partial charge in [0.2, 0.25) is 0 Å². The van der Waals surface area contributed by atoms with Gasteiger partial charge in [-0.3, -0.25) is 4.99 Å². The van der Waals surface area contributed by atoms with Gasteiger partial charge in [0.25, 0.3) is 0 Å². The molecule has 0 atom stereocenters. The molecule has 2 N–H and O–H groups in total. The highest BCUT2D eigenvalue weighted by molar-refractivity contribution is 14.0. The molecule has 0 aliphatic rings. The molecule has 0 aliphatic carbocycles. The Morgan fingerprint density at radius 3 is 2.55 bits per heavy atom. The molecule has 0 fully saturated rings. The second-order valence-electron chi connectivity index (χ2n) is 4.15. The van der Waals surface area contributed by atoms with Crippen LogP contribution in [0.15, 0.2) is 23.2 Å². The van der Waals surface area contributed by atoms with E-state index in [1.807, 2.05) is 19.1 Å². The van der Waals surface area contributed by atoms with Crippen molar-refractivity contribution in [3.05, 3.63) is 29.3 Å². The molecule has 1 aromatic rings. The van der Waals surface area contributed by atoms with E-state index >= 15 is 0 Å². The van der Waals surface area contributed by atoms with E-state index in [2.05, 4.69) is 21.7 Å². The van der Waals surface area contributed by atoms with Crippen molar-refractivity contribution in [3.8, 4) is 5.75 Å². The molecule has 1 aromatic carbocycles. The van der Waals surface area contributed by atoms with Crippen LogP contribution < -0.4 is 15.4 Å². The van der Waals surface area contributed by atoms with Gasteiger partial charge in [0.15, 0.2) is 5.96 Å². The lowest BCUT2D eigenvalue weighted by Gasteiger charge is -2.12. The Kier molecular flexibility index (Phi) is 10.2. The smallest absolute Gasteiger partial charge is 0.191 e. The van der Waals surface area contributed by atoms with Gasteiger partial charge in [-0.15, -0.1) is 24.0 Å². The lowest BCUT2D eigenvalue weighted by Crippen LogP contribution is -2.38. The molecule has 114 valence electrons. The van der Waals surface area contributed by atoms with Crippen LogP contribution in [0.4, 0.5) is 0 Å². The normalized spacial score (nSPS) is 10.7. The lowest BCUT2D eigenvalue weighted by atomic mass is 10.1. The number of nitrogens with one attached hydrogen (secondary N) is 2. The van der Waals surface area contributed by atoms with Gasteiger partial charge in [-0.2, -0.15) is 0 Å². The second kappa shape index (κ2) is 10.7. The molecule has 0 aliphatic heterocycles. The average Bonchev–Trinajstić information content (AvgIpc) is 2.43. The molecule has 0 saturated heterocycles. The van der Waals surface area contributed by atoms with Crippen LogP contribution in [0.1, 0.15) is 11.1 Å². The Bertz CT molecular complexity index is 425. The van der Waals surface area contributed by atoms with E-state index in [9.17, 15) is 0 Å². The zero-order valence-electron chi connectivity index (χ0n) is 12.5. The quantitative estimate of drug-likeness (QED) is 0.336. The third-order valence-corrected chi connectivity index (χ3v) is 2.74. The van der Waals surface area contributed by atoms with E-state index in [-0.39, 0.29) is 24.0 Å². The molecule has 0 radical (unpaired) electrons. The van der Waals surface area contributed by atoms with Crippen LogP contribution in [-0.4, -0.2) is 40.4 Å². The third kappa shape index (κ3) is 6.42. The molecule has 5 nitrogen and oxygen atoms in total. The van der Waals surface area contributed by atoms with E-state index in [1.54, 1.807) is 21.3 Å². The summed E-state index contributed by atoms with van der Waals surface area (Å²) in [4.78, 5) is 4.15. The van der Waals surface area contributed by atoms with Crippen molar-refractivity contribution in [2.75, 3.05) is 34.4 Å². The number of nitrogens with zero attached hydrogens (tertiary/aromatic N) is 1. The van der Waals surface area contributed by atoms with Gasteiger partial charge in [0.1, 0.15) is 5.75 Å². The summed E-state index contributed by atoms with van der Waals surface area (Å²) in [6.07, 6.45) is 0. The predicted octanol–water partition coefficient (Wildman–Crippen LogP) is 1.93. The van der Waals surface area contributed by atoms with Gasteiger partial charge >= 0.3 is 0 Å². The zero-order chi connectivity index (χ0) is 14.1. The van der Waals surface area contributed by atoms with Gasteiger partial charge in [0, 0.05) is 27.2 Å². The number of aryl methyl sites for hydroxylation is 1. The van der Waals surface area contributed by atoms with Crippen LogP contribution in [0, 0.1) is 6.92 Å². The van der Waals surface area contributed by atoms with E-state index in [1.165, 1.54) is 5.56 Å². The standard InChI is InChI=1S/C14H23N3O2.HI/c1-11-9-12(5-6-13(11)19-4)10-17-14(15-2)16-7-8-18-3;/h5-6,9H,7-8,10H2,1-4H3,(H2,15,16,17);1H. The van der Waals surface area contributed by atoms with Crippen molar-refractivity contribution < 1.29 is 9.47 Å². The first-order chi connectivity index (χ1) is 9.21. The van der Waals surface area contributed by atoms with Crippen LogP contribution in [0.3, 0.4) is 0 Å². The zero-order valence-corrected chi connectivity index (χ0v) is 14.9. The topological polar surface area (TPSA) is 54.9 Å². The minimum Gasteiger partial charge on any atom is -0.496 e. The van der Waals surface area contributed by atoms with Crippen molar-refractivity contribution in [1.29, 1.82) is 0 Å². The molecule has 0 heterocycles. The number of benzene rings is 1. The van der Waals surface area contributed by atoms with Crippen LogP contribution in [-0.2, 0) is 11.3 Å². The minimum absolute atomic E-state index is 0. The fourth-order valence-electron chi connectivity index (χ4n) is 1.73.